The number of ether oxygens (including phenoxy) is 2. The first-order chi connectivity index (χ1) is 11.2. The average molecular weight is 398 g/mol. The van der Waals surface area contributed by atoms with E-state index >= 15 is 0 Å². The van der Waals surface area contributed by atoms with Gasteiger partial charge in [-0.05, 0) is 39.7 Å². The van der Waals surface area contributed by atoms with Crippen LogP contribution < -0.4 is 20.1 Å². The Labute approximate surface area is 148 Å². The molecule has 1 heterocycles. The number of benzene rings is 1. The van der Waals surface area contributed by atoms with Crippen LogP contribution in [0.5, 0.6) is 11.5 Å². The Morgan fingerprint density at radius 3 is 2.48 bits per heavy atom. The molecular weight excluding hydrogens is 378 g/mol. The zero-order valence-electron chi connectivity index (χ0n) is 13.4. The third kappa shape index (κ3) is 5.14. The molecule has 7 heteroatoms. The summed E-state index contributed by atoms with van der Waals surface area (Å²) in [5.74, 6) is 2.20. The van der Waals surface area contributed by atoms with E-state index in [4.69, 9.17) is 9.47 Å². The predicted molar refractivity (Wildman–Crippen MR) is 98.6 cm³/mol. The maximum atomic E-state index is 5.32. The zero-order chi connectivity index (χ0) is 16.7. The van der Waals surface area contributed by atoms with E-state index in [-0.39, 0.29) is 0 Å². The summed E-state index contributed by atoms with van der Waals surface area (Å²) in [5.41, 5.74) is 1.09. The molecule has 2 rings (SSSR count). The number of thiophene rings is 1. The molecule has 0 aliphatic carbocycles. The van der Waals surface area contributed by atoms with E-state index in [2.05, 4.69) is 43.0 Å². The second-order valence-electron chi connectivity index (χ2n) is 4.70. The first kappa shape index (κ1) is 17.6. The van der Waals surface area contributed by atoms with Gasteiger partial charge in [0.1, 0.15) is 0 Å². The molecule has 0 aliphatic heterocycles. The molecule has 5 nitrogen and oxygen atoms in total. The highest BCUT2D eigenvalue weighted by molar-refractivity contribution is 9.10. The monoisotopic (exact) mass is 397 g/mol. The van der Waals surface area contributed by atoms with Crippen molar-refractivity contribution in [1.82, 2.24) is 10.6 Å². The van der Waals surface area contributed by atoms with Gasteiger partial charge in [0.15, 0.2) is 17.5 Å². The minimum absolute atomic E-state index is 0.647. The molecule has 0 saturated heterocycles. The van der Waals surface area contributed by atoms with Crippen molar-refractivity contribution in [2.45, 2.75) is 13.1 Å². The van der Waals surface area contributed by atoms with E-state index in [1.54, 1.807) is 32.6 Å². The first-order valence-electron chi connectivity index (χ1n) is 7.04. The van der Waals surface area contributed by atoms with Gasteiger partial charge in [0.05, 0.1) is 20.8 Å². The summed E-state index contributed by atoms with van der Waals surface area (Å²) < 4.78 is 11.7. The smallest absolute Gasteiger partial charge is 0.191 e. The van der Waals surface area contributed by atoms with Crippen LogP contribution in [0.4, 0.5) is 0 Å². The van der Waals surface area contributed by atoms with Crippen molar-refractivity contribution >= 4 is 33.2 Å². The number of hydrogen-bond donors (Lipinski definition) is 2. The lowest BCUT2D eigenvalue weighted by molar-refractivity contribution is 0.354. The summed E-state index contributed by atoms with van der Waals surface area (Å²) in [6.45, 7) is 1.38. The van der Waals surface area contributed by atoms with Gasteiger partial charge in [-0.25, -0.2) is 0 Å². The summed E-state index contributed by atoms with van der Waals surface area (Å²) in [4.78, 5) is 5.47. The highest BCUT2D eigenvalue weighted by Crippen LogP contribution is 2.27. The number of methoxy groups -OCH3 is 2. The molecule has 2 N–H and O–H groups in total. The Hall–Kier alpha value is -1.73. The van der Waals surface area contributed by atoms with Gasteiger partial charge in [-0.3, -0.25) is 4.99 Å². The summed E-state index contributed by atoms with van der Waals surface area (Å²) in [6, 6.07) is 7.95. The summed E-state index contributed by atoms with van der Waals surface area (Å²) in [7, 11) is 5.02. The fraction of sp³-hybridized carbons (Fsp3) is 0.312. The van der Waals surface area contributed by atoms with Gasteiger partial charge in [0, 0.05) is 28.3 Å². The lowest BCUT2D eigenvalue weighted by Gasteiger charge is -2.13. The number of nitrogens with zero attached hydrogens (tertiary/aromatic N) is 1. The fourth-order valence-corrected chi connectivity index (χ4v) is 3.41. The number of nitrogens with one attached hydrogen (secondary N) is 2. The molecule has 0 unspecified atom stereocenters. The van der Waals surface area contributed by atoms with E-state index in [1.807, 2.05) is 18.2 Å². The molecular formula is C16H20BrN3O2S. The molecule has 0 bridgehead atoms. The molecule has 0 spiro atoms. The Kier molecular flexibility index (Phi) is 6.73. The quantitative estimate of drug-likeness (QED) is 0.579. The second kappa shape index (κ2) is 8.79. The molecule has 0 aliphatic rings. The molecule has 23 heavy (non-hydrogen) atoms. The lowest BCUT2D eigenvalue weighted by atomic mass is 10.2. The molecule has 1 aromatic carbocycles. The maximum Gasteiger partial charge on any atom is 0.191 e. The Morgan fingerprint density at radius 1 is 1.13 bits per heavy atom. The van der Waals surface area contributed by atoms with Gasteiger partial charge in [-0.2, -0.15) is 0 Å². The van der Waals surface area contributed by atoms with Crippen molar-refractivity contribution in [2.75, 3.05) is 21.3 Å². The molecule has 0 radical (unpaired) electrons. The molecule has 0 amide bonds. The average Bonchev–Trinajstić information content (AvgIpc) is 3.00. The van der Waals surface area contributed by atoms with Crippen LogP contribution in [0.25, 0.3) is 0 Å². The molecule has 124 valence electrons. The Balaban J connectivity index is 1.90. The van der Waals surface area contributed by atoms with E-state index in [9.17, 15) is 0 Å². The van der Waals surface area contributed by atoms with Crippen LogP contribution in [0.1, 0.15) is 10.4 Å². The van der Waals surface area contributed by atoms with Gasteiger partial charge >= 0.3 is 0 Å². The summed E-state index contributed by atoms with van der Waals surface area (Å²) in [5, 5.41) is 8.65. The van der Waals surface area contributed by atoms with Crippen LogP contribution in [-0.4, -0.2) is 27.2 Å². The number of rotatable bonds is 6. The van der Waals surface area contributed by atoms with Gasteiger partial charge in [-0.15, -0.1) is 11.3 Å². The first-order valence-corrected chi connectivity index (χ1v) is 8.72. The fourth-order valence-electron chi connectivity index (χ4n) is 2.01. The third-order valence-electron chi connectivity index (χ3n) is 3.18. The Morgan fingerprint density at radius 2 is 1.87 bits per heavy atom. The van der Waals surface area contributed by atoms with Crippen molar-refractivity contribution in [3.8, 4) is 11.5 Å². The van der Waals surface area contributed by atoms with Gasteiger partial charge in [0.2, 0.25) is 0 Å². The Bertz CT molecular complexity index is 673. The summed E-state index contributed by atoms with van der Waals surface area (Å²) in [6.07, 6.45) is 0. The SMILES string of the molecule is CN=C(NCc1ccc(OC)c(OC)c1)NCc1cc(Br)cs1. The van der Waals surface area contributed by atoms with E-state index < -0.39 is 0 Å². The zero-order valence-corrected chi connectivity index (χ0v) is 15.8. The van der Waals surface area contributed by atoms with Crippen LogP contribution in [0.15, 0.2) is 39.1 Å². The summed E-state index contributed by atoms with van der Waals surface area (Å²) >= 11 is 5.16. The van der Waals surface area contributed by atoms with Crippen molar-refractivity contribution < 1.29 is 9.47 Å². The minimum atomic E-state index is 0.647. The lowest BCUT2D eigenvalue weighted by Crippen LogP contribution is -2.36. The van der Waals surface area contributed by atoms with E-state index in [0.29, 0.717) is 6.54 Å². The maximum absolute atomic E-state index is 5.32. The van der Waals surface area contributed by atoms with Crippen LogP contribution in [-0.2, 0) is 13.1 Å². The van der Waals surface area contributed by atoms with Crippen LogP contribution >= 0.6 is 27.3 Å². The number of aliphatic imine (C=N–C) groups is 1. The molecule has 1 aromatic heterocycles. The van der Waals surface area contributed by atoms with Crippen LogP contribution in [0, 0.1) is 0 Å². The van der Waals surface area contributed by atoms with Gasteiger partial charge in [0.25, 0.3) is 0 Å². The van der Waals surface area contributed by atoms with E-state index in [1.165, 1.54) is 4.88 Å². The predicted octanol–water partition coefficient (Wildman–Crippen LogP) is 3.39. The van der Waals surface area contributed by atoms with Crippen LogP contribution in [0.2, 0.25) is 0 Å². The highest BCUT2D eigenvalue weighted by atomic mass is 79.9. The number of guanidine groups is 1. The van der Waals surface area contributed by atoms with Crippen molar-refractivity contribution in [3.05, 3.63) is 44.6 Å². The largest absolute Gasteiger partial charge is 0.493 e. The standard InChI is InChI=1S/C16H20BrN3O2S/c1-18-16(20-9-13-7-12(17)10-23-13)19-8-11-4-5-14(21-2)15(6-11)22-3/h4-7,10H,8-9H2,1-3H3,(H2,18,19,20). The van der Waals surface area contributed by atoms with Gasteiger partial charge in [-0.1, -0.05) is 6.07 Å². The van der Waals surface area contributed by atoms with Crippen molar-refractivity contribution in [3.63, 3.8) is 0 Å². The molecule has 0 atom stereocenters. The minimum Gasteiger partial charge on any atom is -0.493 e. The normalized spacial score (nSPS) is 11.2. The van der Waals surface area contributed by atoms with Gasteiger partial charge < -0.3 is 20.1 Å². The molecule has 0 saturated carbocycles. The van der Waals surface area contributed by atoms with Crippen molar-refractivity contribution in [2.24, 2.45) is 4.99 Å². The molecule has 0 fully saturated rings. The topological polar surface area (TPSA) is 54.9 Å². The highest BCUT2D eigenvalue weighted by Gasteiger charge is 2.05. The van der Waals surface area contributed by atoms with E-state index in [0.717, 1.165) is 34.0 Å². The number of halogens is 1. The third-order valence-corrected chi connectivity index (χ3v) is 4.88. The molecule has 2 aromatic rings. The second-order valence-corrected chi connectivity index (χ2v) is 6.61. The van der Waals surface area contributed by atoms with Crippen molar-refractivity contribution in [1.29, 1.82) is 0 Å². The number of hydrogen-bond acceptors (Lipinski definition) is 4. The van der Waals surface area contributed by atoms with Crippen LogP contribution in [0.3, 0.4) is 0 Å².